The molecule has 2 aromatic rings. The molecule has 0 bridgehead atoms. The van der Waals surface area contributed by atoms with Crippen LogP contribution in [0, 0.1) is 0 Å². The van der Waals surface area contributed by atoms with Gasteiger partial charge in [0.2, 0.25) is 5.91 Å². The van der Waals surface area contributed by atoms with Gasteiger partial charge >= 0.3 is 0 Å². The number of amides is 1. The lowest BCUT2D eigenvalue weighted by molar-refractivity contribution is 0.100. The van der Waals surface area contributed by atoms with Gasteiger partial charge in [0.05, 0.1) is 5.69 Å². The molecule has 1 amide bonds. The fourth-order valence-corrected chi connectivity index (χ4v) is 2.23. The molecule has 0 aliphatic carbocycles. The summed E-state index contributed by atoms with van der Waals surface area (Å²) in [6, 6.07) is 15.0. The Labute approximate surface area is 116 Å². The predicted octanol–water partition coefficient (Wildman–Crippen LogP) is 2.19. The standard InChI is InChI=1S/C15H13N3O2/c16-15(19)12-7-4-8-13(18-10-20-9-17-18)14(12)11-5-2-1-3-6-11/h1-9H,10H2,(H2,16,19). The number of hydrogen-bond acceptors (Lipinski definition) is 4. The molecule has 1 aliphatic heterocycles. The molecule has 20 heavy (non-hydrogen) atoms. The molecule has 2 aromatic carbocycles. The molecule has 0 saturated heterocycles. The van der Waals surface area contributed by atoms with E-state index in [0.717, 1.165) is 16.8 Å². The van der Waals surface area contributed by atoms with E-state index in [0.29, 0.717) is 12.3 Å². The molecule has 3 rings (SSSR count). The molecule has 0 saturated carbocycles. The SMILES string of the molecule is NC(=O)c1cccc(N2COC=N2)c1-c1ccccc1. The minimum Gasteiger partial charge on any atom is -0.459 e. The Bertz CT molecular complexity index is 668. The van der Waals surface area contributed by atoms with Crippen LogP contribution in [0.25, 0.3) is 11.1 Å². The molecular weight excluding hydrogens is 254 g/mol. The van der Waals surface area contributed by atoms with Gasteiger partial charge in [0, 0.05) is 11.1 Å². The van der Waals surface area contributed by atoms with E-state index in [4.69, 9.17) is 10.5 Å². The zero-order valence-electron chi connectivity index (χ0n) is 10.7. The highest BCUT2D eigenvalue weighted by Crippen LogP contribution is 2.34. The van der Waals surface area contributed by atoms with Gasteiger partial charge in [-0.05, 0) is 17.7 Å². The van der Waals surface area contributed by atoms with Crippen LogP contribution in [0.15, 0.2) is 53.6 Å². The molecule has 0 atom stereocenters. The summed E-state index contributed by atoms with van der Waals surface area (Å²) in [6.07, 6.45) is 1.38. The third-order valence-corrected chi connectivity index (χ3v) is 3.11. The number of hydrogen-bond donors (Lipinski definition) is 1. The average molecular weight is 267 g/mol. The van der Waals surface area contributed by atoms with Crippen LogP contribution in [0.2, 0.25) is 0 Å². The van der Waals surface area contributed by atoms with E-state index in [1.807, 2.05) is 36.4 Å². The maximum Gasteiger partial charge on any atom is 0.249 e. The van der Waals surface area contributed by atoms with Gasteiger partial charge in [0.25, 0.3) is 0 Å². The van der Waals surface area contributed by atoms with E-state index in [1.165, 1.54) is 6.40 Å². The molecule has 0 spiro atoms. The number of nitrogens with two attached hydrogens (primary N) is 1. The van der Waals surface area contributed by atoms with Gasteiger partial charge in [-0.1, -0.05) is 36.4 Å². The lowest BCUT2D eigenvalue weighted by Crippen LogP contribution is -2.18. The summed E-state index contributed by atoms with van der Waals surface area (Å²) < 4.78 is 5.12. The van der Waals surface area contributed by atoms with Crippen molar-refractivity contribution in [2.24, 2.45) is 10.8 Å². The van der Waals surface area contributed by atoms with Crippen molar-refractivity contribution in [3.05, 3.63) is 54.1 Å². The van der Waals surface area contributed by atoms with E-state index >= 15 is 0 Å². The smallest absolute Gasteiger partial charge is 0.249 e. The third kappa shape index (κ3) is 2.09. The van der Waals surface area contributed by atoms with Crippen molar-refractivity contribution in [3.63, 3.8) is 0 Å². The van der Waals surface area contributed by atoms with Gasteiger partial charge in [-0.15, -0.1) is 5.10 Å². The highest BCUT2D eigenvalue weighted by atomic mass is 16.5. The molecule has 0 aromatic heterocycles. The molecule has 2 N–H and O–H groups in total. The first-order valence-corrected chi connectivity index (χ1v) is 6.17. The van der Waals surface area contributed by atoms with Crippen LogP contribution < -0.4 is 10.7 Å². The molecule has 0 radical (unpaired) electrons. The van der Waals surface area contributed by atoms with Crippen LogP contribution in [0.4, 0.5) is 5.69 Å². The van der Waals surface area contributed by atoms with Gasteiger partial charge in [-0.3, -0.25) is 4.79 Å². The number of carbonyl (C=O) groups excluding carboxylic acids is 1. The Balaban J connectivity index is 2.22. The van der Waals surface area contributed by atoms with Crippen molar-refractivity contribution in [3.8, 4) is 11.1 Å². The predicted molar refractivity (Wildman–Crippen MR) is 77.3 cm³/mol. The lowest BCUT2D eigenvalue weighted by Gasteiger charge is -2.18. The van der Waals surface area contributed by atoms with E-state index in [1.54, 1.807) is 17.1 Å². The zero-order valence-corrected chi connectivity index (χ0v) is 10.7. The van der Waals surface area contributed by atoms with E-state index in [2.05, 4.69) is 5.10 Å². The van der Waals surface area contributed by atoms with Crippen molar-refractivity contribution in [2.75, 3.05) is 11.7 Å². The van der Waals surface area contributed by atoms with Crippen molar-refractivity contribution >= 4 is 18.0 Å². The van der Waals surface area contributed by atoms with Crippen LogP contribution in [0.5, 0.6) is 0 Å². The second-order valence-electron chi connectivity index (χ2n) is 4.35. The van der Waals surface area contributed by atoms with Crippen LogP contribution in [-0.4, -0.2) is 19.0 Å². The first kappa shape index (κ1) is 12.2. The Hall–Kier alpha value is -2.82. The monoisotopic (exact) mass is 267 g/mol. The van der Waals surface area contributed by atoms with E-state index in [9.17, 15) is 4.79 Å². The highest BCUT2D eigenvalue weighted by Gasteiger charge is 2.20. The highest BCUT2D eigenvalue weighted by molar-refractivity contribution is 6.03. The number of carbonyl (C=O) groups is 1. The Morgan fingerprint density at radius 2 is 1.95 bits per heavy atom. The van der Waals surface area contributed by atoms with E-state index in [-0.39, 0.29) is 0 Å². The van der Waals surface area contributed by atoms with Gasteiger partial charge in [0.1, 0.15) is 0 Å². The summed E-state index contributed by atoms with van der Waals surface area (Å²) in [5.74, 6) is -0.463. The van der Waals surface area contributed by atoms with Crippen LogP contribution in [0.1, 0.15) is 10.4 Å². The number of benzene rings is 2. The van der Waals surface area contributed by atoms with Crippen molar-refractivity contribution in [2.45, 2.75) is 0 Å². The maximum atomic E-state index is 11.7. The summed E-state index contributed by atoms with van der Waals surface area (Å²) in [5.41, 5.74) is 8.44. The quantitative estimate of drug-likeness (QED) is 0.926. The summed E-state index contributed by atoms with van der Waals surface area (Å²) in [7, 11) is 0. The van der Waals surface area contributed by atoms with Gasteiger partial charge in [-0.2, -0.15) is 0 Å². The summed E-state index contributed by atoms with van der Waals surface area (Å²) >= 11 is 0. The maximum absolute atomic E-state index is 11.7. The first-order valence-electron chi connectivity index (χ1n) is 6.17. The Morgan fingerprint density at radius 1 is 1.15 bits per heavy atom. The Morgan fingerprint density at radius 3 is 2.60 bits per heavy atom. The van der Waals surface area contributed by atoms with Crippen molar-refractivity contribution in [1.29, 1.82) is 0 Å². The third-order valence-electron chi connectivity index (χ3n) is 3.11. The molecule has 1 aliphatic rings. The number of hydrazone groups is 1. The second kappa shape index (κ2) is 5.05. The fourth-order valence-electron chi connectivity index (χ4n) is 2.23. The summed E-state index contributed by atoms with van der Waals surface area (Å²) in [6.45, 7) is 0.321. The molecule has 5 nitrogen and oxygen atoms in total. The van der Waals surface area contributed by atoms with Crippen LogP contribution in [0.3, 0.4) is 0 Å². The zero-order chi connectivity index (χ0) is 13.9. The fraction of sp³-hybridized carbons (Fsp3) is 0.0667. The second-order valence-corrected chi connectivity index (χ2v) is 4.35. The number of ether oxygens (including phenoxy) is 1. The molecule has 100 valence electrons. The largest absolute Gasteiger partial charge is 0.459 e. The first-order chi connectivity index (χ1) is 9.77. The molecule has 5 heteroatoms. The van der Waals surface area contributed by atoms with Crippen LogP contribution in [-0.2, 0) is 4.74 Å². The number of primary amides is 1. The number of anilines is 1. The molecule has 1 heterocycles. The van der Waals surface area contributed by atoms with Gasteiger partial charge in [0.15, 0.2) is 13.1 Å². The minimum atomic E-state index is -0.463. The number of rotatable bonds is 3. The van der Waals surface area contributed by atoms with Gasteiger partial charge < -0.3 is 10.5 Å². The van der Waals surface area contributed by atoms with Crippen molar-refractivity contribution in [1.82, 2.24) is 0 Å². The average Bonchev–Trinajstić information content (AvgIpc) is 3.01. The van der Waals surface area contributed by atoms with Crippen LogP contribution >= 0.6 is 0 Å². The lowest BCUT2D eigenvalue weighted by atomic mass is 9.97. The van der Waals surface area contributed by atoms with E-state index < -0.39 is 5.91 Å². The Kier molecular flexibility index (Phi) is 3.09. The number of nitrogens with zero attached hydrogens (tertiary/aromatic N) is 2. The minimum absolute atomic E-state index is 0.321. The molecule has 0 unspecified atom stereocenters. The summed E-state index contributed by atoms with van der Waals surface area (Å²) in [4.78, 5) is 11.7. The topological polar surface area (TPSA) is 67.9 Å². The molecular formula is C15H13N3O2. The van der Waals surface area contributed by atoms with Crippen molar-refractivity contribution < 1.29 is 9.53 Å². The summed E-state index contributed by atoms with van der Waals surface area (Å²) in [5, 5.41) is 5.82. The molecule has 0 fully saturated rings. The van der Waals surface area contributed by atoms with Gasteiger partial charge in [-0.25, -0.2) is 5.01 Å². The normalized spacial score (nSPS) is 13.3.